The molecule has 0 bridgehead atoms. The summed E-state index contributed by atoms with van der Waals surface area (Å²) in [7, 11) is 0. The third-order valence-corrected chi connectivity index (χ3v) is 10.2. The summed E-state index contributed by atoms with van der Waals surface area (Å²) in [5.74, 6) is 4.57. The van der Waals surface area contributed by atoms with E-state index < -0.39 is 5.97 Å². The van der Waals surface area contributed by atoms with Crippen LogP contribution in [0.5, 0.6) is 0 Å². The molecule has 0 aromatic heterocycles. The molecule has 26 heavy (non-hydrogen) atoms. The fourth-order valence-corrected chi connectivity index (χ4v) is 8.82. The van der Waals surface area contributed by atoms with E-state index in [-0.39, 0.29) is 0 Å². The fraction of sp³-hybridized carbons (Fsp3) is 0.958. The van der Waals surface area contributed by atoms with E-state index in [1.54, 1.807) is 0 Å². The first kappa shape index (κ1) is 18.8. The molecule has 0 aliphatic heterocycles. The lowest BCUT2D eigenvalue weighted by Gasteiger charge is -2.61. The van der Waals surface area contributed by atoms with E-state index in [2.05, 4.69) is 20.8 Å². The summed E-state index contributed by atoms with van der Waals surface area (Å²) in [6.07, 6.45) is 15.7. The van der Waals surface area contributed by atoms with Gasteiger partial charge in [0, 0.05) is 6.42 Å². The van der Waals surface area contributed by atoms with Crippen molar-refractivity contribution in [1.29, 1.82) is 0 Å². The molecule has 4 saturated carbocycles. The monoisotopic (exact) mass is 360 g/mol. The van der Waals surface area contributed by atoms with Crippen LogP contribution in [0.2, 0.25) is 0 Å². The number of hydrogen-bond acceptors (Lipinski definition) is 1. The highest BCUT2D eigenvalue weighted by Gasteiger charge is 2.60. The van der Waals surface area contributed by atoms with Crippen molar-refractivity contribution in [3.05, 3.63) is 0 Å². The third kappa shape index (κ3) is 2.85. The van der Waals surface area contributed by atoms with Gasteiger partial charge in [-0.3, -0.25) is 4.79 Å². The number of rotatable bonds is 4. The van der Waals surface area contributed by atoms with E-state index in [0.717, 1.165) is 36.0 Å². The van der Waals surface area contributed by atoms with Gasteiger partial charge in [-0.25, -0.2) is 0 Å². The van der Waals surface area contributed by atoms with Gasteiger partial charge in [-0.15, -0.1) is 0 Å². The van der Waals surface area contributed by atoms with E-state index in [9.17, 15) is 4.79 Å². The maximum absolute atomic E-state index is 11.0. The van der Waals surface area contributed by atoms with E-state index in [1.165, 1.54) is 64.2 Å². The van der Waals surface area contributed by atoms with Crippen molar-refractivity contribution in [1.82, 2.24) is 0 Å². The van der Waals surface area contributed by atoms with Gasteiger partial charge >= 0.3 is 5.97 Å². The standard InChI is InChI=1S/C24H40O2/c1-16(7-12-22(25)26)19-10-11-20-18-9-8-17-6-4-5-14-23(17,2)21(18)13-15-24(19,20)3/h16-21H,4-15H2,1-3H3,(H,25,26)/t16-,17+,18+,19-,20?,21?,23+,24-/m1/s1. The highest BCUT2D eigenvalue weighted by Crippen LogP contribution is 2.68. The lowest BCUT2D eigenvalue weighted by Crippen LogP contribution is -2.53. The first-order chi connectivity index (χ1) is 12.4. The Bertz CT molecular complexity index is 542. The number of carbonyl (C=O) groups is 1. The molecule has 2 heteroatoms. The van der Waals surface area contributed by atoms with Gasteiger partial charge in [0.1, 0.15) is 0 Å². The van der Waals surface area contributed by atoms with Crippen LogP contribution in [-0.4, -0.2) is 11.1 Å². The Kier molecular flexibility index (Phi) is 4.93. The molecule has 0 heterocycles. The summed E-state index contributed by atoms with van der Waals surface area (Å²) in [6, 6.07) is 0. The second-order valence-electron chi connectivity index (χ2n) is 11.0. The van der Waals surface area contributed by atoms with Crippen molar-refractivity contribution in [2.75, 3.05) is 0 Å². The second-order valence-corrected chi connectivity index (χ2v) is 11.0. The molecule has 0 spiro atoms. The molecule has 4 aliphatic rings. The third-order valence-electron chi connectivity index (χ3n) is 10.2. The molecule has 0 aromatic rings. The van der Waals surface area contributed by atoms with Crippen molar-refractivity contribution in [2.24, 2.45) is 46.3 Å². The highest BCUT2D eigenvalue weighted by molar-refractivity contribution is 5.66. The smallest absolute Gasteiger partial charge is 0.303 e. The molecular formula is C24H40O2. The van der Waals surface area contributed by atoms with Gasteiger partial charge in [0.25, 0.3) is 0 Å². The number of aliphatic carboxylic acids is 1. The molecule has 4 aliphatic carbocycles. The van der Waals surface area contributed by atoms with Gasteiger partial charge in [-0.1, -0.05) is 33.6 Å². The molecule has 0 saturated heterocycles. The first-order valence-electron chi connectivity index (χ1n) is 11.6. The summed E-state index contributed by atoms with van der Waals surface area (Å²) in [4.78, 5) is 11.0. The van der Waals surface area contributed by atoms with E-state index in [4.69, 9.17) is 5.11 Å². The van der Waals surface area contributed by atoms with E-state index in [0.29, 0.717) is 23.2 Å². The van der Waals surface area contributed by atoms with Crippen molar-refractivity contribution in [3.8, 4) is 0 Å². The van der Waals surface area contributed by atoms with Gasteiger partial charge in [0.05, 0.1) is 0 Å². The molecule has 2 unspecified atom stereocenters. The van der Waals surface area contributed by atoms with Crippen LogP contribution in [0.1, 0.15) is 97.8 Å². The lowest BCUT2D eigenvalue weighted by atomic mass is 9.44. The second kappa shape index (κ2) is 6.82. The molecule has 1 N–H and O–H groups in total. The Morgan fingerprint density at radius 3 is 2.50 bits per heavy atom. The van der Waals surface area contributed by atoms with Crippen LogP contribution in [0.15, 0.2) is 0 Å². The SMILES string of the molecule is C[C@H](CCC(=O)O)[C@H]1CCC2[C@@H]3CC[C@@H]4CCCC[C@]4(C)C3CC[C@@]21C. The first-order valence-corrected chi connectivity index (χ1v) is 11.6. The van der Waals surface area contributed by atoms with Crippen LogP contribution in [0.25, 0.3) is 0 Å². The predicted molar refractivity (Wildman–Crippen MR) is 106 cm³/mol. The molecule has 2 nitrogen and oxygen atoms in total. The molecule has 4 fully saturated rings. The maximum atomic E-state index is 11.0. The zero-order valence-corrected chi connectivity index (χ0v) is 17.3. The van der Waals surface area contributed by atoms with Crippen LogP contribution in [0.4, 0.5) is 0 Å². The average Bonchev–Trinajstić information content (AvgIpc) is 2.96. The summed E-state index contributed by atoms with van der Waals surface area (Å²) in [6.45, 7) is 7.60. The Balaban J connectivity index is 1.52. The van der Waals surface area contributed by atoms with Crippen molar-refractivity contribution >= 4 is 5.97 Å². The summed E-state index contributed by atoms with van der Waals surface area (Å²) in [5, 5.41) is 9.09. The van der Waals surface area contributed by atoms with Crippen LogP contribution in [-0.2, 0) is 4.79 Å². The van der Waals surface area contributed by atoms with E-state index in [1.807, 2.05) is 0 Å². The van der Waals surface area contributed by atoms with Crippen LogP contribution < -0.4 is 0 Å². The van der Waals surface area contributed by atoms with Crippen molar-refractivity contribution in [2.45, 2.75) is 97.8 Å². The minimum absolute atomic E-state index is 0.351. The number of fused-ring (bicyclic) bond motifs is 5. The summed E-state index contributed by atoms with van der Waals surface area (Å²) < 4.78 is 0. The average molecular weight is 361 g/mol. The van der Waals surface area contributed by atoms with Crippen LogP contribution >= 0.6 is 0 Å². The normalized spacial score (nSPS) is 49.0. The topological polar surface area (TPSA) is 37.3 Å². The van der Waals surface area contributed by atoms with Crippen molar-refractivity contribution < 1.29 is 9.90 Å². The summed E-state index contributed by atoms with van der Waals surface area (Å²) in [5.41, 5.74) is 1.12. The molecular weight excluding hydrogens is 320 g/mol. The van der Waals surface area contributed by atoms with Gasteiger partial charge in [0.2, 0.25) is 0 Å². The van der Waals surface area contributed by atoms with Crippen LogP contribution in [0, 0.1) is 46.3 Å². The molecule has 0 radical (unpaired) electrons. The summed E-state index contributed by atoms with van der Waals surface area (Å²) >= 11 is 0. The fourth-order valence-electron chi connectivity index (χ4n) is 8.82. The number of carboxylic acid groups (broad SMARTS) is 1. The molecule has 0 aromatic carbocycles. The van der Waals surface area contributed by atoms with Gasteiger partial charge in [0.15, 0.2) is 0 Å². The predicted octanol–water partition coefficient (Wildman–Crippen LogP) is 6.54. The van der Waals surface area contributed by atoms with Gasteiger partial charge < -0.3 is 5.11 Å². The molecule has 4 rings (SSSR count). The van der Waals surface area contributed by atoms with Gasteiger partial charge in [-0.05, 0) is 104 Å². The van der Waals surface area contributed by atoms with Crippen molar-refractivity contribution in [3.63, 3.8) is 0 Å². The van der Waals surface area contributed by atoms with Crippen LogP contribution in [0.3, 0.4) is 0 Å². The zero-order chi connectivity index (χ0) is 18.5. The van der Waals surface area contributed by atoms with Gasteiger partial charge in [-0.2, -0.15) is 0 Å². The maximum Gasteiger partial charge on any atom is 0.303 e. The Labute approximate surface area is 160 Å². The Hall–Kier alpha value is -0.530. The zero-order valence-electron chi connectivity index (χ0n) is 17.3. The highest BCUT2D eigenvalue weighted by atomic mass is 16.4. The molecule has 0 amide bonds. The largest absolute Gasteiger partial charge is 0.481 e. The number of carboxylic acids is 1. The quantitative estimate of drug-likeness (QED) is 0.618. The lowest BCUT2D eigenvalue weighted by molar-refractivity contribution is -0.137. The minimum atomic E-state index is -0.621. The number of hydrogen-bond donors (Lipinski definition) is 1. The van der Waals surface area contributed by atoms with E-state index >= 15 is 0 Å². The molecule has 148 valence electrons. The Morgan fingerprint density at radius 2 is 1.73 bits per heavy atom. The molecule has 8 atom stereocenters. The Morgan fingerprint density at radius 1 is 0.962 bits per heavy atom. The minimum Gasteiger partial charge on any atom is -0.481 e.